The highest BCUT2D eigenvalue weighted by molar-refractivity contribution is 14.1. The molecule has 16 heavy (non-hydrogen) atoms. The van der Waals surface area contributed by atoms with Crippen LogP contribution >= 0.6 is 72.7 Å². The van der Waals surface area contributed by atoms with Crippen LogP contribution in [0.4, 0.5) is 0 Å². The van der Waals surface area contributed by atoms with Gasteiger partial charge in [0.2, 0.25) is 0 Å². The summed E-state index contributed by atoms with van der Waals surface area (Å²) < 4.78 is 3.43. The predicted octanol–water partition coefficient (Wildman–Crippen LogP) is 5.98. The smallest absolute Gasteiger partial charge is 0.0495 e. The second-order valence-electron chi connectivity index (χ2n) is 3.19. The van der Waals surface area contributed by atoms with E-state index in [-0.39, 0.29) is 0 Å². The third-order valence-electron chi connectivity index (χ3n) is 2.18. The number of hydrogen-bond donors (Lipinski definition) is 0. The average Bonchev–Trinajstić information content (AvgIpc) is 2.21. The zero-order chi connectivity index (χ0) is 11.7. The molecule has 2 aromatic carbocycles. The molecular weight excluding hydrogens is 513 g/mol. The van der Waals surface area contributed by atoms with Crippen molar-refractivity contribution in [2.45, 2.75) is 0 Å². The topological polar surface area (TPSA) is 0 Å². The Bertz CT molecular complexity index is 451. The molecule has 0 N–H and O–H groups in total. The Kier molecular flexibility index (Phi) is 4.54. The molecule has 0 heterocycles. The quantitative estimate of drug-likeness (QED) is 0.407. The van der Waals surface area contributed by atoms with Crippen LogP contribution in [0.25, 0.3) is 11.1 Å². The summed E-state index contributed by atoms with van der Waals surface area (Å²) in [5, 5.41) is 0.789. The summed E-state index contributed by atoms with van der Waals surface area (Å²) in [6.07, 6.45) is 0. The van der Waals surface area contributed by atoms with Crippen molar-refractivity contribution in [1.29, 1.82) is 0 Å². The highest BCUT2D eigenvalue weighted by atomic mass is 127. The van der Waals surface area contributed by atoms with E-state index in [4.69, 9.17) is 11.6 Å². The molecule has 0 amide bonds. The number of hydrogen-bond acceptors (Lipinski definition) is 0. The van der Waals surface area contributed by atoms with E-state index < -0.39 is 0 Å². The fourth-order valence-electron chi connectivity index (χ4n) is 1.47. The third-order valence-corrected chi connectivity index (χ3v) is 4.95. The van der Waals surface area contributed by atoms with Crippen LogP contribution in [0.5, 0.6) is 0 Å². The molecule has 0 aliphatic rings. The molecule has 0 fully saturated rings. The lowest BCUT2D eigenvalue weighted by Crippen LogP contribution is -1.89. The van der Waals surface area contributed by atoms with Crippen molar-refractivity contribution in [3.05, 3.63) is 53.0 Å². The van der Waals surface area contributed by atoms with Gasteiger partial charge in [0.15, 0.2) is 0 Å². The first-order valence-corrected chi connectivity index (χ1v) is 7.82. The summed E-state index contributed by atoms with van der Waals surface area (Å²) in [7, 11) is 0. The first-order chi connectivity index (χ1) is 7.61. The van der Waals surface area contributed by atoms with Gasteiger partial charge in [-0.15, -0.1) is 0 Å². The molecule has 0 nitrogen and oxygen atoms in total. The highest BCUT2D eigenvalue weighted by Gasteiger charge is 2.13. The minimum Gasteiger partial charge on any atom is -0.0836 e. The molecular formula is C12H6BrClI2. The van der Waals surface area contributed by atoms with Crippen LogP contribution in [-0.2, 0) is 0 Å². The summed E-state index contributed by atoms with van der Waals surface area (Å²) in [6, 6.07) is 12.1. The van der Waals surface area contributed by atoms with Gasteiger partial charge in [-0.25, -0.2) is 0 Å². The summed E-state index contributed by atoms with van der Waals surface area (Å²) >= 11 is 14.5. The lowest BCUT2D eigenvalue weighted by atomic mass is 10.1. The maximum atomic E-state index is 6.28. The SMILES string of the molecule is Clc1cccc(I)c1-c1c(Br)cccc1I. The van der Waals surface area contributed by atoms with Gasteiger partial charge in [0.25, 0.3) is 0 Å². The van der Waals surface area contributed by atoms with Gasteiger partial charge in [-0.1, -0.05) is 39.7 Å². The first kappa shape index (κ1) is 13.1. The minimum absolute atomic E-state index is 0.789. The standard InChI is InChI=1S/C12H6BrClI2/c13-7-3-1-5-9(15)11(7)12-8(14)4-2-6-10(12)16/h1-6H. The Morgan fingerprint density at radius 1 is 0.875 bits per heavy atom. The molecule has 0 aliphatic heterocycles. The van der Waals surface area contributed by atoms with Gasteiger partial charge in [-0.3, -0.25) is 0 Å². The van der Waals surface area contributed by atoms with Crippen LogP contribution in [0.2, 0.25) is 5.02 Å². The van der Waals surface area contributed by atoms with E-state index in [0.29, 0.717) is 0 Å². The van der Waals surface area contributed by atoms with E-state index >= 15 is 0 Å². The van der Waals surface area contributed by atoms with Crippen molar-refractivity contribution >= 4 is 72.7 Å². The summed E-state index contributed by atoms with van der Waals surface area (Å²) in [4.78, 5) is 0. The van der Waals surface area contributed by atoms with E-state index in [1.807, 2.05) is 24.3 Å². The average molecular weight is 519 g/mol. The van der Waals surface area contributed by atoms with Crippen LogP contribution in [0.15, 0.2) is 40.9 Å². The highest BCUT2D eigenvalue weighted by Crippen LogP contribution is 2.39. The zero-order valence-electron chi connectivity index (χ0n) is 7.98. The number of benzene rings is 2. The number of halogens is 4. The van der Waals surface area contributed by atoms with E-state index in [1.54, 1.807) is 0 Å². The largest absolute Gasteiger partial charge is 0.0836 e. The zero-order valence-corrected chi connectivity index (χ0v) is 14.6. The van der Waals surface area contributed by atoms with Gasteiger partial charge in [0.1, 0.15) is 0 Å². The Morgan fingerprint density at radius 3 is 2.00 bits per heavy atom. The molecule has 4 heteroatoms. The molecule has 0 bridgehead atoms. The summed E-state index contributed by atoms with van der Waals surface area (Å²) in [5.41, 5.74) is 2.26. The normalized spacial score (nSPS) is 10.5. The van der Waals surface area contributed by atoms with Crippen molar-refractivity contribution in [1.82, 2.24) is 0 Å². The van der Waals surface area contributed by atoms with Gasteiger partial charge in [0, 0.05) is 27.8 Å². The molecule has 2 aromatic rings. The third kappa shape index (κ3) is 2.57. The van der Waals surface area contributed by atoms with Crippen molar-refractivity contribution in [2.75, 3.05) is 0 Å². The molecule has 0 saturated heterocycles. The van der Waals surface area contributed by atoms with Gasteiger partial charge >= 0.3 is 0 Å². The molecule has 0 aromatic heterocycles. The summed E-state index contributed by atoms with van der Waals surface area (Å²) in [6.45, 7) is 0. The predicted molar refractivity (Wildman–Crippen MR) is 90.0 cm³/mol. The van der Waals surface area contributed by atoms with Gasteiger partial charge in [-0.2, -0.15) is 0 Å². The fraction of sp³-hybridized carbons (Fsp3) is 0. The second kappa shape index (κ2) is 5.54. The molecule has 2 rings (SSSR count). The second-order valence-corrected chi connectivity index (χ2v) is 6.78. The van der Waals surface area contributed by atoms with E-state index in [0.717, 1.165) is 24.2 Å². The van der Waals surface area contributed by atoms with E-state index in [1.165, 1.54) is 3.57 Å². The molecule has 0 aliphatic carbocycles. The monoisotopic (exact) mass is 518 g/mol. The fourth-order valence-corrected chi connectivity index (χ4v) is 4.37. The van der Waals surface area contributed by atoms with Crippen molar-refractivity contribution in [3.63, 3.8) is 0 Å². The van der Waals surface area contributed by atoms with E-state index in [9.17, 15) is 0 Å². The van der Waals surface area contributed by atoms with E-state index in [2.05, 4.69) is 73.2 Å². The molecule has 0 atom stereocenters. The molecule has 82 valence electrons. The Labute approximate surface area is 135 Å². The van der Waals surface area contributed by atoms with Crippen molar-refractivity contribution in [3.8, 4) is 11.1 Å². The van der Waals surface area contributed by atoms with Gasteiger partial charge in [0.05, 0.1) is 0 Å². The maximum Gasteiger partial charge on any atom is 0.0495 e. The van der Waals surface area contributed by atoms with Crippen LogP contribution in [0.3, 0.4) is 0 Å². The van der Waals surface area contributed by atoms with Crippen LogP contribution < -0.4 is 0 Å². The number of rotatable bonds is 1. The van der Waals surface area contributed by atoms with Crippen LogP contribution in [-0.4, -0.2) is 0 Å². The van der Waals surface area contributed by atoms with Gasteiger partial charge in [-0.05, 0) is 69.4 Å². The van der Waals surface area contributed by atoms with Crippen molar-refractivity contribution < 1.29 is 0 Å². The minimum atomic E-state index is 0.789. The van der Waals surface area contributed by atoms with Crippen LogP contribution in [0.1, 0.15) is 0 Å². The van der Waals surface area contributed by atoms with Crippen molar-refractivity contribution in [2.24, 2.45) is 0 Å². The molecule has 0 saturated carbocycles. The Balaban J connectivity index is 2.77. The molecule has 0 radical (unpaired) electrons. The Hall–Kier alpha value is 0.670. The molecule has 0 spiro atoms. The first-order valence-electron chi connectivity index (χ1n) is 4.49. The Morgan fingerprint density at radius 2 is 1.44 bits per heavy atom. The van der Waals surface area contributed by atoms with Gasteiger partial charge < -0.3 is 0 Å². The van der Waals surface area contributed by atoms with Crippen LogP contribution in [0, 0.1) is 7.14 Å². The molecule has 0 unspecified atom stereocenters. The summed E-state index contributed by atoms with van der Waals surface area (Å²) in [5.74, 6) is 0. The lowest BCUT2D eigenvalue weighted by Gasteiger charge is -2.11. The lowest BCUT2D eigenvalue weighted by molar-refractivity contribution is 1.52. The maximum absolute atomic E-state index is 6.28.